The molecule has 0 saturated heterocycles. The van der Waals surface area contributed by atoms with E-state index in [2.05, 4.69) is 5.32 Å². The lowest BCUT2D eigenvalue weighted by atomic mass is 10.3. The van der Waals surface area contributed by atoms with Crippen molar-refractivity contribution in [3.8, 4) is 0 Å². The van der Waals surface area contributed by atoms with Gasteiger partial charge >= 0.3 is 11.7 Å². The molecule has 1 N–H and O–H groups in total. The molecule has 0 spiro atoms. The van der Waals surface area contributed by atoms with E-state index >= 15 is 0 Å². The second-order valence-electron chi connectivity index (χ2n) is 5.67. The summed E-state index contributed by atoms with van der Waals surface area (Å²) in [7, 11) is 0. The molecule has 3 rings (SSSR count). The number of hydrogen-bond acceptors (Lipinski definition) is 5. The highest BCUT2D eigenvalue weighted by Gasteiger charge is 2.21. The van der Waals surface area contributed by atoms with Crippen LogP contribution in [0, 0.1) is 5.82 Å². The maximum atomic E-state index is 13.0. The van der Waals surface area contributed by atoms with Gasteiger partial charge in [-0.3, -0.25) is 14.2 Å². The summed E-state index contributed by atoms with van der Waals surface area (Å²) in [6, 6.07) is 10.1. The minimum Gasteiger partial charge on any atom is -0.451 e. The molecule has 1 amide bonds. The van der Waals surface area contributed by atoms with Gasteiger partial charge in [-0.25, -0.2) is 9.18 Å². The molecule has 0 unspecified atom stereocenters. The predicted molar refractivity (Wildman–Crippen MR) is 96.1 cm³/mol. The lowest BCUT2D eigenvalue weighted by molar-refractivity contribution is -0.153. The van der Waals surface area contributed by atoms with E-state index in [-0.39, 0.29) is 10.7 Å². The molecule has 0 radical (unpaired) electrons. The van der Waals surface area contributed by atoms with Crippen molar-refractivity contribution in [2.24, 2.45) is 0 Å². The Balaban J connectivity index is 1.65. The number of anilines is 1. The van der Waals surface area contributed by atoms with Crippen LogP contribution in [0.1, 0.15) is 6.92 Å². The normalized spacial score (nSPS) is 12.0. The van der Waals surface area contributed by atoms with Crippen molar-refractivity contribution in [2.45, 2.75) is 19.6 Å². The summed E-state index contributed by atoms with van der Waals surface area (Å²) < 4.78 is 24.2. The third kappa shape index (κ3) is 4.17. The van der Waals surface area contributed by atoms with E-state index in [0.29, 0.717) is 11.1 Å². The smallest absolute Gasteiger partial charge is 0.420 e. The van der Waals surface area contributed by atoms with E-state index in [1.54, 1.807) is 24.3 Å². The molecular formula is C18H14ClFN2O5. The van der Waals surface area contributed by atoms with Gasteiger partial charge in [-0.1, -0.05) is 23.7 Å². The molecule has 0 aliphatic carbocycles. The molecule has 0 bridgehead atoms. The number of esters is 1. The number of carbonyl (C=O) groups excluding carboxylic acids is 2. The third-order valence-electron chi connectivity index (χ3n) is 3.73. The van der Waals surface area contributed by atoms with E-state index < -0.39 is 36.1 Å². The predicted octanol–water partition coefficient (Wildman–Crippen LogP) is 2.96. The number of nitrogens with one attached hydrogen (secondary N) is 1. The summed E-state index contributed by atoms with van der Waals surface area (Å²) in [5.74, 6) is -2.70. The Morgan fingerprint density at radius 1 is 1.30 bits per heavy atom. The molecule has 140 valence electrons. The molecule has 7 nitrogen and oxygen atoms in total. The molecule has 0 fully saturated rings. The first-order valence-corrected chi connectivity index (χ1v) is 8.26. The van der Waals surface area contributed by atoms with Crippen molar-refractivity contribution in [1.82, 2.24) is 4.57 Å². The van der Waals surface area contributed by atoms with Crippen molar-refractivity contribution in [2.75, 3.05) is 5.32 Å². The van der Waals surface area contributed by atoms with Gasteiger partial charge in [0.1, 0.15) is 12.4 Å². The summed E-state index contributed by atoms with van der Waals surface area (Å²) in [6.45, 7) is 0.950. The molecule has 1 aromatic heterocycles. The fourth-order valence-electron chi connectivity index (χ4n) is 2.41. The summed E-state index contributed by atoms with van der Waals surface area (Å²) in [4.78, 5) is 36.1. The van der Waals surface area contributed by atoms with E-state index in [1.807, 2.05) is 0 Å². The SMILES string of the molecule is C[C@H](OC(=O)Cn1c(=O)oc2ccccc21)C(=O)Nc1ccc(F)cc1Cl. The lowest BCUT2D eigenvalue weighted by Gasteiger charge is -2.14. The van der Waals surface area contributed by atoms with Crippen molar-refractivity contribution in [3.63, 3.8) is 0 Å². The number of halogens is 2. The van der Waals surface area contributed by atoms with Gasteiger partial charge in [-0.2, -0.15) is 0 Å². The fraction of sp³-hybridized carbons (Fsp3) is 0.167. The molecule has 0 saturated carbocycles. The van der Waals surface area contributed by atoms with Gasteiger partial charge in [0.25, 0.3) is 5.91 Å². The lowest BCUT2D eigenvalue weighted by Crippen LogP contribution is -2.32. The van der Waals surface area contributed by atoms with Gasteiger partial charge in [0.05, 0.1) is 16.2 Å². The Labute approximate surface area is 157 Å². The topological polar surface area (TPSA) is 90.5 Å². The van der Waals surface area contributed by atoms with Gasteiger partial charge < -0.3 is 14.5 Å². The second-order valence-corrected chi connectivity index (χ2v) is 6.07. The van der Waals surface area contributed by atoms with Crippen molar-refractivity contribution < 1.29 is 23.1 Å². The van der Waals surface area contributed by atoms with Crippen LogP contribution >= 0.6 is 11.6 Å². The van der Waals surface area contributed by atoms with Crippen LogP contribution in [-0.2, 0) is 20.9 Å². The minimum absolute atomic E-state index is 0.0123. The van der Waals surface area contributed by atoms with Gasteiger partial charge in [0.15, 0.2) is 11.7 Å². The number of oxazole rings is 1. The van der Waals surface area contributed by atoms with Crippen molar-refractivity contribution in [3.05, 3.63) is 63.9 Å². The average molecular weight is 393 g/mol. The molecule has 27 heavy (non-hydrogen) atoms. The first-order chi connectivity index (χ1) is 12.8. The van der Waals surface area contributed by atoms with Gasteiger partial charge in [0.2, 0.25) is 0 Å². The summed E-state index contributed by atoms with van der Waals surface area (Å²) in [5, 5.41) is 2.45. The summed E-state index contributed by atoms with van der Waals surface area (Å²) >= 11 is 5.84. The monoisotopic (exact) mass is 392 g/mol. The quantitative estimate of drug-likeness (QED) is 0.674. The zero-order valence-corrected chi connectivity index (χ0v) is 14.8. The number of rotatable bonds is 5. The van der Waals surface area contributed by atoms with Gasteiger partial charge in [-0.05, 0) is 37.3 Å². The van der Waals surface area contributed by atoms with E-state index in [1.165, 1.54) is 13.0 Å². The number of hydrogen-bond donors (Lipinski definition) is 1. The summed E-state index contributed by atoms with van der Waals surface area (Å²) in [5.41, 5.74) is 0.963. The van der Waals surface area contributed by atoms with Crippen LogP contribution in [0.2, 0.25) is 5.02 Å². The van der Waals surface area contributed by atoms with Crippen LogP contribution in [0.25, 0.3) is 11.1 Å². The first kappa shape index (κ1) is 18.7. The zero-order chi connectivity index (χ0) is 19.6. The van der Waals surface area contributed by atoms with Crippen LogP contribution in [0.5, 0.6) is 0 Å². The molecule has 3 aromatic rings. The molecule has 9 heteroatoms. The number of para-hydroxylation sites is 2. The van der Waals surface area contributed by atoms with Crippen LogP contribution < -0.4 is 11.1 Å². The van der Waals surface area contributed by atoms with Gasteiger partial charge in [0, 0.05) is 0 Å². The van der Waals surface area contributed by atoms with E-state index in [4.69, 9.17) is 20.8 Å². The molecule has 2 aromatic carbocycles. The molecule has 0 aliphatic heterocycles. The van der Waals surface area contributed by atoms with Crippen LogP contribution in [0.15, 0.2) is 51.7 Å². The largest absolute Gasteiger partial charge is 0.451 e. The van der Waals surface area contributed by atoms with Crippen LogP contribution in [-0.4, -0.2) is 22.5 Å². The number of amides is 1. The Bertz CT molecular complexity index is 1080. The molecular weight excluding hydrogens is 379 g/mol. The maximum Gasteiger partial charge on any atom is 0.420 e. The highest BCUT2D eigenvalue weighted by molar-refractivity contribution is 6.33. The molecule has 1 atom stereocenters. The van der Waals surface area contributed by atoms with Gasteiger partial charge in [-0.15, -0.1) is 0 Å². The Hall–Kier alpha value is -3.13. The number of ether oxygens (including phenoxy) is 1. The second kappa shape index (κ2) is 7.63. The Kier molecular flexibility index (Phi) is 5.27. The highest BCUT2D eigenvalue weighted by Crippen LogP contribution is 2.22. The van der Waals surface area contributed by atoms with Crippen LogP contribution in [0.4, 0.5) is 10.1 Å². The van der Waals surface area contributed by atoms with E-state index in [9.17, 15) is 18.8 Å². The standard InChI is InChI=1S/C18H14ClFN2O5/c1-10(17(24)21-13-7-6-11(20)8-12(13)19)26-16(23)9-22-14-4-2-3-5-15(14)27-18(22)25/h2-8,10H,9H2,1H3,(H,21,24)/t10-/m0/s1. The number of fused-ring (bicyclic) bond motifs is 1. The number of benzene rings is 2. The number of aromatic nitrogens is 1. The average Bonchev–Trinajstić information content (AvgIpc) is 2.93. The first-order valence-electron chi connectivity index (χ1n) is 7.89. The van der Waals surface area contributed by atoms with Crippen LogP contribution in [0.3, 0.4) is 0 Å². The molecule has 0 aliphatic rings. The minimum atomic E-state index is -1.16. The maximum absolute atomic E-state index is 13.0. The fourth-order valence-corrected chi connectivity index (χ4v) is 2.62. The third-order valence-corrected chi connectivity index (χ3v) is 4.04. The molecule has 1 heterocycles. The summed E-state index contributed by atoms with van der Waals surface area (Å²) in [6.07, 6.45) is -1.16. The highest BCUT2D eigenvalue weighted by atomic mass is 35.5. The number of nitrogens with zero attached hydrogens (tertiary/aromatic N) is 1. The zero-order valence-electron chi connectivity index (χ0n) is 14.1. The van der Waals surface area contributed by atoms with Crippen molar-refractivity contribution >= 4 is 40.3 Å². The Morgan fingerprint density at radius 2 is 2.04 bits per heavy atom. The number of carbonyl (C=O) groups is 2. The van der Waals surface area contributed by atoms with E-state index in [0.717, 1.165) is 16.7 Å². The van der Waals surface area contributed by atoms with Crippen molar-refractivity contribution in [1.29, 1.82) is 0 Å². The Morgan fingerprint density at radius 3 is 2.78 bits per heavy atom.